The zero-order chi connectivity index (χ0) is 23.1. The number of hydrogen-bond acceptors (Lipinski definition) is 3. The fraction of sp³-hybridized carbons (Fsp3) is 0.571. The number of aliphatic hydroxyl groups is 1. The molecule has 0 amide bonds. The van der Waals surface area contributed by atoms with Gasteiger partial charge in [0.25, 0.3) is 0 Å². The maximum atomic E-state index is 14.4. The molecular formula is C28H41FN2O. The largest absolute Gasteiger partial charge is 0.393 e. The third-order valence-electron chi connectivity index (χ3n) is 6.46. The predicted octanol–water partition coefficient (Wildman–Crippen LogP) is 5.62. The van der Waals surface area contributed by atoms with Gasteiger partial charge in [-0.25, -0.2) is 4.39 Å². The van der Waals surface area contributed by atoms with E-state index in [9.17, 15) is 9.50 Å². The Bertz CT molecular complexity index is 859. The summed E-state index contributed by atoms with van der Waals surface area (Å²) in [5.41, 5.74) is 5.96. The molecule has 3 nitrogen and oxygen atoms in total. The van der Waals surface area contributed by atoms with Crippen LogP contribution in [0.1, 0.15) is 80.2 Å². The van der Waals surface area contributed by atoms with E-state index in [0.29, 0.717) is 18.5 Å². The summed E-state index contributed by atoms with van der Waals surface area (Å²) < 4.78 is 14.4. The molecule has 1 aliphatic rings. The van der Waals surface area contributed by atoms with Crippen LogP contribution in [0.3, 0.4) is 0 Å². The third-order valence-corrected chi connectivity index (χ3v) is 6.46. The molecule has 0 aliphatic heterocycles. The lowest BCUT2D eigenvalue weighted by Gasteiger charge is -2.26. The second kappa shape index (κ2) is 11.9. The highest BCUT2D eigenvalue weighted by atomic mass is 19.1. The molecule has 0 heterocycles. The molecule has 4 heteroatoms. The van der Waals surface area contributed by atoms with Gasteiger partial charge < -0.3 is 15.7 Å². The molecule has 0 bridgehead atoms. The van der Waals surface area contributed by atoms with Crippen LogP contribution in [0.2, 0.25) is 0 Å². The van der Waals surface area contributed by atoms with Crippen LogP contribution in [0.25, 0.3) is 0 Å². The zero-order valence-electron chi connectivity index (χ0n) is 20.3. The van der Waals surface area contributed by atoms with Crippen molar-refractivity contribution < 1.29 is 9.50 Å². The van der Waals surface area contributed by atoms with E-state index in [2.05, 4.69) is 62.6 Å². The molecule has 0 aromatic heterocycles. The summed E-state index contributed by atoms with van der Waals surface area (Å²) in [4.78, 5) is 0. The van der Waals surface area contributed by atoms with Gasteiger partial charge in [0.15, 0.2) is 0 Å². The van der Waals surface area contributed by atoms with E-state index in [1.54, 1.807) is 12.1 Å². The van der Waals surface area contributed by atoms with Crippen molar-refractivity contribution in [2.75, 3.05) is 6.54 Å². The van der Waals surface area contributed by atoms with Crippen molar-refractivity contribution in [3.63, 3.8) is 0 Å². The minimum absolute atomic E-state index is 0.150. The highest BCUT2D eigenvalue weighted by molar-refractivity contribution is 5.33. The standard InChI is InChI=1S/C28H41FN2O/c1-19(2)16-30-17-23-10-20(3)9-22(12-23)11-21(4)25-13-24(14-26(29)15-25)18-31-27-5-7-28(32)8-6-27/h9-10,12-15,19,21,27-28,30-32H,5-8,11,16-18H2,1-4H3. The number of nitrogens with one attached hydrogen (secondary N) is 2. The lowest BCUT2D eigenvalue weighted by Crippen LogP contribution is -2.34. The van der Waals surface area contributed by atoms with Gasteiger partial charge in [-0.15, -0.1) is 0 Å². The van der Waals surface area contributed by atoms with Crippen LogP contribution in [-0.4, -0.2) is 23.8 Å². The second-order valence-corrected chi connectivity index (χ2v) is 10.2. The Hall–Kier alpha value is -1.75. The molecule has 32 heavy (non-hydrogen) atoms. The Kier molecular flexibility index (Phi) is 9.27. The first-order chi connectivity index (χ1) is 15.3. The molecule has 1 atom stereocenters. The first kappa shape index (κ1) is 24.9. The number of rotatable bonds is 10. The molecule has 0 radical (unpaired) electrons. The molecule has 1 fully saturated rings. The summed E-state index contributed by atoms with van der Waals surface area (Å²) in [5.74, 6) is 0.723. The van der Waals surface area contributed by atoms with E-state index < -0.39 is 0 Å². The number of hydrogen-bond donors (Lipinski definition) is 3. The lowest BCUT2D eigenvalue weighted by molar-refractivity contribution is 0.116. The van der Waals surface area contributed by atoms with E-state index in [-0.39, 0.29) is 17.8 Å². The van der Waals surface area contributed by atoms with Gasteiger partial charge in [-0.1, -0.05) is 50.6 Å². The third kappa shape index (κ3) is 7.99. The quantitative estimate of drug-likeness (QED) is 0.449. The number of benzene rings is 2. The van der Waals surface area contributed by atoms with Crippen molar-refractivity contribution in [1.82, 2.24) is 10.6 Å². The molecule has 2 aromatic rings. The van der Waals surface area contributed by atoms with Crippen LogP contribution in [0.5, 0.6) is 0 Å². The van der Waals surface area contributed by atoms with Gasteiger partial charge in [-0.3, -0.25) is 0 Å². The zero-order valence-corrected chi connectivity index (χ0v) is 20.3. The predicted molar refractivity (Wildman–Crippen MR) is 131 cm³/mol. The average Bonchev–Trinajstić information content (AvgIpc) is 2.72. The number of aryl methyl sites for hydroxylation is 1. The molecular weight excluding hydrogens is 399 g/mol. The highest BCUT2D eigenvalue weighted by Gasteiger charge is 2.19. The van der Waals surface area contributed by atoms with Gasteiger partial charge in [-0.05, 0) is 91.8 Å². The Morgan fingerprint density at radius 1 is 0.906 bits per heavy atom. The Morgan fingerprint density at radius 3 is 2.31 bits per heavy atom. The summed E-state index contributed by atoms with van der Waals surface area (Å²) in [7, 11) is 0. The lowest BCUT2D eigenvalue weighted by atomic mass is 9.90. The Balaban J connectivity index is 1.62. The SMILES string of the molecule is Cc1cc(CNCC(C)C)cc(CC(C)c2cc(F)cc(CNC3CCC(O)CC3)c2)c1. The summed E-state index contributed by atoms with van der Waals surface area (Å²) >= 11 is 0. The van der Waals surface area contributed by atoms with Gasteiger partial charge in [0, 0.05) is 19.1 Å². The topological polar surface area (TPSA) is 44.3 Å². The fourth-order valence-corrected chi connectivity index (χ4v) is 4.75. The molecule has 2 aromatic carbocycles. The van der Waals surface area contributed by atoms with Crippen LogP contribution < -0.4 is 10.6 Å². The van der Waals surface area contributed by atoms with Gasteiger partial charge in [-0.2, -0.15) is 0 Å². The van der Waals surface area contributed by atoms with Crippen LogP contribution in [0.4, 0.5) is 4.39 Å². The van der Waals surface area contributed by atoms with Crippen molar-refractivity contribution in [3.05, 3.63) is 70.0 Å². The van der Waals surface area contributed by atoms with Crippen molar-refractivity contribution in [1.29, 1.82) is 0 Å². The molecule has 0 saturated heterocycles. The van der Waals surface area contributed by atoms with E-state index in [1.165, 1.54) is 16.7 Å². The molecule has 1 aliphatic carbocycles. The van der Waals surface area contributed by atoms with Crippen molar-refractivity contribution >= 4 is 0 Å². The molecule has 0 spiro atoms. The summed E-state index contributed by atoms with van der Waals surface area (Å²) in [5, 5.41) is 16.8. The van der Waals surface area contributed by atoms with Crippen molar-refractivity contribution in [2.45, 2.75) is 91.0 Å². The van der Waals surface area contributed by atoms with E-state index in [0.717, 1.165) is 56.3 Å². The minimum Gasteiger partial charge on any atom is -0.393 e. The van der Waals surface area contributed by atoms with Crippen LogP contribution in [-0.2, 0) is 19.5 Å². The van der Waals surface area contributed by atoms with Gasteiger partial charge in [0.2, 0.25) is 0 Å². The maximum Gasteiger partial charge on any atom is 0.123 e. The minimum atomic E-state index is -0.159. The van der Waals surface area contributed by atoms with Crippen molar-refractivity contribution in [2.24, 2.45) is 5.92 Å². The fourth-order valence-electron chi connectivity index (χ4n) is 4.75. The van der Waals surface area contributed by atoms with Crippen LogP contribution in [0, 0.1) is 18.7 Å². The summed E-state index contributed by atoms with van der Waals surface area (Å²) in [6, 6.07) is 12.7. The van der Waals surface area contributed by atoms with Crippen molar-refractivity contribution in [3.8, 4) is 0 Å². The Labute approximate surface area is 193 Å². The summed E-state index contributed by atoms with van der Waals surface area (Å²) in [6.07, 6.45) is 4.43. The first-order valence-electron chi connectivity index (χ1n) is 12.3. The van der Waals surface area contributed by atoms with Gasteiger partial charge in [0.1, 0.15) is 5.82 Å². The van der Waals surface area contributed by atoms with Gasteiger partial charge >= 0.3 is 0 Å². The van der Waals surface area contributed by atoms with E-state index in [1.807, 2.05) is 0 Å². The van der Waals surface area contributed by atoms with E-state index >= 15 is 0 Å². The summed E-state index contributed by atoms with van der Waals surface area (Å²) in [6.45, 7) is 11.4. The second-order valence-electron chi connectivity index (χ2n) is 10.2. The smallest absolute Gasteiger partial charge is 0.123 e. The molecule has 176 valence electrons. The Morgan fingerprint density at radius 2 is 1.59 bits per heavy atom. The maximum absolute atomic E-state index is 14.4. The average molecular weight is 441 g/mol. The monoisotopic (exact) mass is 440 g/mol. The number of aliphatic hydroxyl groups excluding tert-OH is 1. The van der Waals surface area contributed by atoms with Crippen LogP contribution in [0.15, 0.2) is 36.4 Å². The highest BCUT2D eigenvalue weighted by Crippen LogP contribution is 2.25. The van der Waals surface area contributed by atoms with E-state index in [4.69, 9.17) is 0 Å². The molecule has 3 N–H and O–H groups in total. The first-order valence-corrected chi connectivity index (χ1v) is 12.3. The van der Waals surface area contributed by atoms with Crippen LogP contribution >= 0.6 is 0 Å². The number of halogens is 1. The molecule has 3 rings (SSSR count). The molecule has 1 saturated carbocycles. The normalized spacial score (nSPS) is 20.0. The molecule has 1 unspecified atom stereocenters. The van der Waals surface area contributed by atoms with Gasteiger partial charge in [0.05, 0.1) is 6.10 Å².